The van der Waals surface area contributed by atoms with Gasteiger partial charge in [0.05, 0.1) is 28.6 Å². The second-order valence-electron chi connectivity index (χ2n) is 16.2. The molecule has 62 heavy (non-hydrogen) atoms. The molecule has 18 atom stereocenters. The highest BCUT2D eigenvalue weighted by Gasteiger charge is 2.53. The van der Waals surface area contributed by atoms with Gasteiger partial charge in [0, 0.05) is 28.9 Å². The molecule has 0 spiro atoms. The van der Waals surface area contributed by atoms with E-state index in [1.807, 2.05) is 0 Å². The largest absolute Gasteiger partial charge is 0.858 e. The van der Waals surface area contributed by atoms with E-state index in [-0.39, 0.29) is 28.5 Å². The van der Waals surface area contributed by atoms with Crippen molar-refractivity contribution in [2.24, 2.45) is 22.2 Å². The molecule has 1 aromatic heterocycles. The van der Waals surface area contributed by atoms with Gasteiger partial charge in [0.15, 0.2) is 18.6 Å². The molecule has 346 valence electrons. The fourth-order valence-electron chi connectivity index (χ4n) is 7.91. The summed E-state index contributed by atoms with van der Waals surface area (Å²) in [6.07, 6.45) is -19.5. The fraction of sp³-hybridized carbons (Fsp3) is 0.676. The quantitative estimate of drug-likeness (QED) is 0.0658. The van der Waals surface area contributed by atoms with Gasteiger partial charge in [0.1, 0.15) is 78.5 Å². The highest BCUT2D eigenvalue weighted by atomic mass is 35.5. The van der Waals surface area contributed by atoms with Gasteiger partial charge in [0.2, 0.25) is 5.91 Å². The van der Waals surface area contributed by atoms with Gasteiger partial charge in [-0.05, 0) is 39.2 Å². The summed E-state index contributed by atoms with van der Waals surface area (Å²) < 4.78 is 27.4. The van der Waals surface area contributed by atoms with Crippen molar-refractivity contribution in [1.82, 2.24) is 15.8 Å². The number of benzene rings is 1. The lowest BCUT2D eigenvalue weighted by Gasteiger charge is -2.48. The monoisotopic (exact) mass is 918 g/mol. The number of aliphatic carboxylic acids is 1. The Hall–Kier alpha value is -3.12. The van der Waals surface area contributed by atoms with Crippen LogP contribution in [0.1, 0.15) is 31.6 Å². The minimum atomic E-state index is -1.94. The van der Waals surface area contributed by atoms with Gasteiger partial charge in [-0.2, -0.15) is 0 Å². The number of aryl methyl sites for hydroxylation is 1. The van der Waals surface area contributed by atoms with E-state index in [1.54, 1.807) is 38.1 Å². The Labute approximate surface area is 363 Å². The third-order valence-corrected chi connectivity index (χ3v) is 13.3. The molecule has 2 aromatic rings. The maximum atomic E-state index is 14.1. The number of halogens is 1. The van der Waals surface area contributed by atoms with Crippen molar-refractivity contribution in [2.75, 3.05) is 13.2 Å². The molecule has 0 bridgehead atoms. The number of rotatable bonds is 13. The van der Waals surface area contributed by atoms with Crippen LogP contribution >= 0.6 is 23.4 Å². The summed E-state index contributed by atoms with van der Waals surface area (Å²) in [5.41, 5.74) is 18.7. The van der Waals surface area contributed by atoms with Crippen molar-refractivity contribution in [2.45, 2.75) is 141 Å². The number of aliphatic hydroxyl groups excluding tert-OH is 7. The van der Waals surface area contributed by atoms with Gasteiger partial charge < -0.3 is 91.9 Å². The summed E-state index contributed by atoms with van der Waals surface area (Å²) in [4.78, 5) is 30.5. The van der Waals surface area contributed by atoms with E-state index in [2.05, 4.69) is 20.8 Å². The van der Waals surface area contributed by atoms with Crippen molar-refractivity contribution < 1.29 is 79.0 Å². The predicted molar refractivity (Wildman–Crippen MR) is 214 cm³/mol. The number of aromatic nitrogens is 1. The fourth-order valence-corrected chi connectivity index (χ4v) is 9.62. The molecule has 1 aliphatic carbocycles. The number of thioether (sulfide) groups is 1. The smallest absolute Gasteiger partial charge is 0.322 e. The topological polar surface area (TPSA) is 396 Å². The van der Waals surface area contributed by atoms with E-state index in [0.29, 0.717) is 5.56 Å². The maximum absolute atomic E-state index is 14.1. The van der Waals surface area contributed by atoms with Gasteiger partial charge in [-0.3, -0.25) is 19.9 Å². The number of carboxylic acids is 1. The Bertz CT molecular complexity index is 1930. The Morgan fingerprint density at radius 1 is 0.984 bits per heavy atom. The highest BCUT2D eigenvalue weighted by molar-refractivity contribution is 8.01. The molecule has 3 saturated heterocycles. The van der Waals surface area contributed by atoms with Gasteiger partial charge in [-0.25, -0.2) is 0 Å². The first-order valence-corrected chi connectivity index (χ1v) is 20.9. The average Bonchev–Trinajstić information content (AvgIpc) is 3.77. The molecule has 23 nitrogen and oxygen atoms in total. The van der Waals surface area contributed by atoms with Crippen molar-refractivity contribution >= 4 is 41.1 Å². The van der Waals surface area contributed by atoms with Crippen LogP contribution in [-0.2, 0) is 28.5 Å². The zero-order valence-corrected chi connectivity index (χ0v) is 35.2. The first-order chi connectivity index (χ1) is 29.2. The van der Waals surface area contributed by atoms with Crippen LogP contribution in [-0.4, -0.2) is 191 Å². The highest BCUT2D eigenvalue weighted by Crippen LogP contribution is 2.40. The summed E-state index contributed by atoms with van der Waals surface area (Å²) in [5, 5.41) is 107. The van der Waals surface area contributed by atoms with E-state index in [9.17, 15) is 55.5 Å². The van der Waals surface area contributed by atoms with Gasteiger partial charge in [-0.1, -0.05) is 35.0 Å². The van der Waals surface area contributed by atoms with E-state index in [0.717, 1.165) is 11.8 Å². The maximum Gasteiger partial charge on any atom is 0.322 e. The summed E-state index contributed by atoms with van der Waals surface area (Å²) in [6.45, 7) is 3.47. The Morgan fingerprint density at radius 3 is 2.19 bits per heavy atom. The molecular weight excluding hydrogens is 866 g/mol. The molecular formula is C37H53ClN7O16S-. The van der Waals surface area contributed by atoms with E-state index in [4.69, 9.17) is 52.3 Å². The second-order valence-corrected chi connectivity index (χ2v) is 18.4. The van der Waals surface area contributed by atoms with Crippen LogP contribution in [0.5, 0.6) is 0 Å². The predicted octanol–water partition coefficient (Wildman–Crippen LogP) is -5.45. The normalized spacial score (nSPS) is 39.3. The molecule has 1 aromatic carbocycles. The molecule has 16 N–H and O–H groups in total. The molecule has 1 amide bonds. The molecule has 1 saturated carbocycles. The number of nitrogens with zero attached hydrogens (tertiary/aromatic N) is 2. The number of carbonyl (C=O) groups excluding carboxylic acids is 1. The van der Waals surface area contributed by atoms with E-state index in [1.165, 1.54) is 6.92 Å². The molecule has 25 heteroatoms. The zero-order valence-electron chi connectivity index (χ0n) is 33.6. The van der Waals surface area contributed by atoms with Crippen LogP contribution < -0.4 is 32.9 Å². The van der Waals surface area contributed by atoms with Crippen molar-refractivity contribution in [3.63, 3.8) is 0 Å². The average molecular weight is 919 g/mol. The van der Waals surface area contributed by atoms with E-state index >= 15 is 0 Å². The summed E-state index contributed by atoms with van der Waals surface area (Å²) in [7, 11) is 0. The third-order valence-electron chi connectivity index (χ3n) is 11.4. The van der Waals surface area contributed by atoms with Crippen LogP contribution in [0, 0.1) is 6.92 Å². The Balaban J connectivity index is 1.20. The van der Waals surface area contributed by atoms with Gasteiger partial charge >= 0.3 is 5.97 Å². The van der Waals surface area contributed by atoms with Crippen LogP contribution in [0.15, 0.2) is 33.8 Å². The standard InChI is InChI=1S/C37H54ClN7O16S/c1-11-18(20(45-61-11)12-6-4-5-7-13(12)38)31(53)43-21(33-44-30(34(55)56)37(2,3)62-33)32(54)42-9-16-23(48)25(50)26(51)36(57-16)60-29-15(40)8-14(39)28(27(29)52)59-35-24(49)19(41)22(47)17(10-46)58-35/h4-7,14-17,19,21-30,33,35-36,44,46-52H,8-10,39-41H2,1-3H3,(H,42,54)(H,43,53)(H,55,56)/p-1/t14-,15+,16-,17-,19+,21-,22-,23-,24-,25+,26-,27-,28+,29-,30+,33-,35-,36-/m1/s1. The minimum Gasteiger partial charge on any atom is -0.858 e. The van der Waals surface area contributed by atoms with Crippen LogP contribution in [0.3, 0.4) is 0 Å². The molecule has 4 fully saturated rings. The van der Waals surface area contributed by atoms with Crippen molar-refractivity contribution in [1.29, 1.82) is 0 Å². The number of nitrogens with two attached hydrogens (primary N) is 3. The number of nitrogens with one attached hydrogen (secondary N) is 2. The number of amides is 1. The number of hydrogen-bond donors (Lipinski definition) is 13. The minimum absolute atomic E-state index is 0.0519. The number of aliphatic hydroxyl groups is 7. The number of aliphatic imine (C=N–C) groups is 1. The number of carbonyl (C=O) groups is 2. The summed E-state index contributed by atoms with van der Waals surface area (Å²) in [6, 6.07) is 0.402. The lowest BCUT2D eigenvalue weighted by atomic mass is 9.84. The SMILES string of the molecule is Cc1onc(-c2ccccc2Cl)c1C([O-])=N[C@H](C(=O)NC[C@H]1O[C@H](O[C@H]2[C@H](O)[C@@H](O[C@H]3O[C@H](CO)[C@@H](O)[C@H](N)[C@H]3O)[C@H](N)C[C@@H]2N)[C@H](O)[C@@H](O)[C@@H]1O)[C@@H]1N[C@@H](C(=O)O)C(C)(C)S1. The van der Waals surface area contributed by atoms with Gasteiger partial charge in [-0.15, -0.1) is 11.8 Å². The summed E-state index contributed by atoms with van der Waals surface area (Å²) >= 11 is 7.43. The van der Waals surface area contributed by atoms with E-state index < -0.39 is 145 Å². The third kappa shape index (κ3) is 9.76. The second kappa shape index (κ2) is 19.5. The number of carboxylic acid groups (broad SMARTS) is 1. The first-order valence-electron chi connectivity index (χ1n) is 19.6. The van der Waals surface area contributed by atoms with Crippen molar-refractivity contribution in [3.8, 4) is 11.3 Å². The molecule has 6 rings (SSSR count). The Kier molecular flexibility index (Phi) is 15.2. The van der Waals surface area contributed by atoms with Crippen LogP contribution in [0.25, 0.3) is 11.3 Å². The molecule has 0 radical (unpaired) electrons. The zero-order chi connectivity index (χ0) is 45.5. The van der Waals surface area contributed by atoms with Crippen LogP contribution in [0.4, 0.5) is 0 Å². The molecule has 4 heterocycles. The number of ether oxygens (including phenoxy) is 4. The Morgan fingerprint density at radius 2 is 1.60 bits per heavy atom. The molecule has 3 aliphatic heterocycles. The molecule has 0 unspecified atom stereocenters. The summed E-state index contributed by atoms with van der Waals surface area (Å²) in [5.74, 6) is -3.04. The number of hydrogen-bond acceptors (Lipinski definition) is 22. The molecule has 4 aliphatic rings. The lowest BCUT2D eigenvalue weighted by molar-refractivity contribution is -0.332. The first kappa shape index (κ1) is 48.3. The lowest BCUT2D eigenvalue weighted by Crippen LogP contribution is -2.68. The van der Waals surface area contributed by atoms with Gasteiger partial charge in [0.25, 0.3) is 0 Å². The van der Waals surface area contributed by atoms with Crippen LogP contribution in [0.2, 0.25) is 5.02 Å². The van der Waals surface area contributed by atoms with Crippen molar-refractivity contribution in [3.05, 3.63) is 40.6 Å².